The van der Waals surface area contributed by atoms with Gasteiger partial charge in [-0.05, 0) is 35.7 Å². The van der Waals surface area contributed by atoms with Gasteiger partial charge in [-0.3, -0.25) is 0 Å². The van der Waals surface area contributed by atoms with E-state index in [-0.39, 0.29) is 6.10 Å². The maximum atomic E-state index is 9.90. The average Bonchev–Trinajstić information content (AvgIpc) is 2.81. The van der Waals surface area contributed by atoms with Gasteiger partial charge in [-0.15, -0.1) is 23.1 Å². The van der Waals surface area contributed by atoms with E-state index in [0.717, 1.165) is 16.3 Å². The highest BCUT2D eigenvalue weighted by Gasteiger charge is 2.07. The molecule has 2 aromatic rings. The summed E-state index contributed by atoms with van der Waals surface area (Å²) in [6.07, 6.45) is 0.437. The van der Waals surface area contributed by atoms with E-state index >= 15 is 0 Å². The first-order chi connectivity index (χ1) is 8.24. The number of halogens is 1. The van der Waals surface area contributed by atoms with Crippen molar-refractivity contribution < 1.29 is 5.11 Å². The van der Waals surface area contributed by atoms with Gasteiger partial charge in [0.15, 0.2) is 0 Å². The van der Waals surface area contributed by atoms with Crippen molar-refractivity contribution >= 4 is 34.7 Å². The molecule has 0 saturated heterocycles. The van der Waals surface area contributed by atoms with Crippen LogP contribution in [-0.4, -0.2) is 17.0 Å². The van der Waals surface area contributed by atoms with Gasteiger partial charge in [0, 0.05) is 27.0 Å². The number of hydrogen-bond donors (Lipinski definition) is 1. The van der Waals surface area contributed by atoms with E-state index in [1.54, 1.807) is 23.1 Å². The molecule has 1 nitrogen and oxygen atoms in total. The van der Waals surface area contributed by atoms with Crippen LogP contribution in [0.2, 0.25) is 5.02 Å². The molecule has 0 fully saturated rings. The van der Waals surface area contributed by atoms with E-state index in [1.807, 2.05) is 35.7 Å². The van der Waals surface area contributed by atoms with Gasteiger partial charge in [0.25, 0.3) is 0 Å². The molecule has 1 aromatic heterocycles. The Morgan fingerprint density at radius 1 is 1.24 bits per heavy atom. The second kappa shape index (κ2) is 6.45. The normalized spacial score (nSPS) is 12.6. The number of hydrogen-bond acceptors (Lipinski definition) is 3. The summed E-state index contributed by atoms with van der Waals surface area (Å²) >= 11 is 9.16. The number of aliphatic hydroxyl groups excluding tert-OH is 1. The topological polar surface area (TPSA) is 20.2 Å². The number of aliphatic hydroxyl groups is 1. The third-order valence-corrected chi connectivity index (χ3v) is 4.58. The minimum atomic E-state index is -0.297. The summed E-state index contributed by atoms with van der Waals surface area (Å²) in [4.78, 5) is 2.37. The smallest absolute Gasteiger partial charge is 0.0682 e. The Balaban J connectivity index is 1.79. The molecule has 0 amide bonds. The van der Waals surface area contributed by atoms with Crippen LogP contribution in [0.3, 0.4) is 0 Å². The predicted octanol–water partition coefficient (Wildman–Crippen LogP) is 4.10. The zero-order chi connectivity index (χ0) is 12.1. The molecule has 4 heteroatoms. The molecule has 0 aliphatic heterocycles. The van der Waals surface area contributed by atoms with Crippen molar-refractivity contribution in [2.24, 2.45) is 0 Å². The summed E-state index contributed by atoms with van der Waals surface area (Å²) in [6.45, 7) is 0. The van der Waals surface area contributed by atoms with Crippen molar-refractivity contribution in [3.63, 3.8) is 0 Å². The third kappa shape index (κ3) is 4.36. The molecule has 1 unspecified atom stereocenters. The molecular formula is C13H13ClOS2. The SMILES string of the molecule is OC(CSc1ccc(Cl)cc1)Cc1cccs1. The fourth-order valence-corrected chi connectivity index (χ4v) is 3.18. The lowest BCUT2D eigenvalue weighted by Crippen LogP contribution is -2.12. The van der Waals surface area contributed by atoms with E-state index < -0.39 is 0 Å². The highest BCUT2D eigenvalue weighted by molar-refractivity contribution is 7.99. The highest BCUT2D eigenvalue weighted by atomic mass is 35.5. The lowest BCUT2D eigenvalue weighted by Gasteiger charge is -2.08. The molecule has 1 aromatic carbocycles. The van der Waals surface area contributed by atoms with Gasteiger partial charge in [-0.2, -0.15) is 0 Å². The van der Waals surface area contributed by atoms with E-state index in [2.05, 4.69) is 6.07 Å². The largest absolute Gasteiger partial charge is 0.392 e. The second-order valence-electron chi connectivity index (χ2n) is 3.70. The van der Waals surface area contributed by atoms with E-state index in [9.17, 15) is 5.11 Å². The molecule has 0 radical (unpaired) electrons. The minimum absolute atomic E-state index is 0.297. The summed E-state index contributed by atoms with van der Waals surface area (Å²) in [7, 11) is 0. The van der Waals surface area contributed by atoms with Crippen LogP contribution in [0.25, 0.3) is 0 Å². The summed E-state index contributed by atoms with van der Waals surface area (Å²) in [5.41, 5.74) is 0. The molecule has 2 rings (SSSR count). The van der Waals surface area contributed by atoms with E-state index in [4.69, 9.17) is 11.6 Å². The van der Waals surface area contributed by atoms with Gasteiger partial charge >= 0.3 is 0 Å². The Morgan fingerprint density at radius 2 is 2.00 bits per heavy atom. The quantitative estimate of drug-likeness (QED) is 0.834. The van der Waals surface area contributed by atoms with Gasteiger partial charge < -0.3 is 5.11 Å². The monoisotopic (exact) mass is 284 g/mol. The summed E-state index contributed by atoms with van der Waals surface area (Å²) in [6, 6.07) is 11.8. The molecule has 1 N–H and O–H groups in total. The first kappa shape index (κ1) is 13.0. The third-order valence-electron chi connectivity index (χ3n) is 2.27. The van der Waals surface area contributed by atoms with Crippen LogP contribution in [-0.2, 0) is 6.42 Å². The lowest BCUT2D eigenvalue weighted by atomic mass is 10.2. The van der Waals surface area contributed by atoms with Crippen molar-refractivity contribution in [3.8, 4) is 0 Å². The molecule has 0 aliphatic rings. The summed E-state index contributed by atoms with van der Waals surface area (Å²) in [5, 5.41) is 12.7. The van der Waals surface area contributed by atoms with Crippen LogP contribution in [0.15, 0.2) is 46.7 Å². The van der Waals surface area contributed by atoms with Crippen molar-refractivity contribution in [1.82, 2.24) is 0 Å². The van der Waals surface area contributed by atoms with Gasteiger partial charge in [0.2, 0.25) is 0 Å². The zero-order valence-corrected chi connectivity index (χ0v) is 11.6. The van der Waals surface area contributed by atoms with Gasteiger partial charge in [-0.25, -0.2) is 0 Å². The molecule has 90 valence electrons. The molecule has 1 atom stereocenters. The molecule has 1 heterocycles. The summed E-state index contributed by atoms with van der Waals surface area (Å²) in [5.74, 6) is 0.708. The first-order valence-corrected chi connectivity index (χ1v) is 7.57. The number of thioether (sulfide) groups is 1. The maximum Gasteiger partial charge on any atom is 0.0682 e. The fourth-order valence-electron chi connectivity index (χ4n) is 1.44. The Morgan fingerprint density at radius 3 is 2.65 bits per heavy atom. The first-order valence-electron chi connectivity index (χ1n) is 5.33. The minimum Gasteiger partial charge on any atom is -0.392 e. The number of benzene rings is 1. The van der Waals surface area contributed by atoms with Crippen LogP contribution in [0.4, 0.5) is 0 Å². The van der Waals surface area contributed by atoms with E-state index in [1.165, 1.54) is 4.88 Å². The van der Waals surface area contributed by atoms with Crippen LogP contribution in [0.1, 0.15) is 4.88 Å². The number of rotatable bonds is 5. The maximum absolute atomic E-state index is 9.90. The molecular weight excluding hydrogens is 272 g/mol. The summed E-state index contributed by atoms with van der Waals surface area (Å²) < 4.78 is 0. The fraction of sp³-hybridized carbons (Fsp3) is 0.231. The van der Waals surface area contributed by atoms with Gasteiger partial charge in [0.05, 0.1) is 6.10 Å². The standard InChI is InChI=1S/C13H13ClOS2/c14-10-3-5-12(6-4-10)17-9-11(15)8-13-2-1-7-16-13/h1-7,11,15H,8-9H2. The van der Waals surface area contributed by atoms with Crippen LogP contribution in [0.5, 0.6) is 0 Å². The number of thiophene rings is 1. The highest BCUT2D eigenvalue weighted by Crippen LogP contribution is 2.22. The Bertz CT molecular complexity index is 439. The predicted molar refractivity (Wildman–Crippen MR) is 76.2 cm³/mol. The van der Waals surface area contributed by atoms with Crippen molar-refractivity contribution in [3.05, 3.63) is 51.7 Å². The Labute approximate surface area is 114 Å². The Hall–Kier alpha value is -0.480. The van der Waals surface area contributed by atoms with Crippen molar-refractivity contribution in [2.75, 3.05) is 5.75 Å². The Kier molecular flexibility index (Phi) is 4.92. The van der Waals surface area contributed by atoms with Crippen LogP contribution < -0.4 is 0 Å². The average molecular weight is 285 g/mol. The lowest BCUT2D eigenvalue weighted by molar-refractivity contribution is 0.201. The second-order valence-corrected chi connectivity index (χ2v) is 6.26. The van der Waals surface area contributed by atoms with Crippen LogP contribution >= 0.6 is 34.7 Å². The molecule has 0 spiro atoms. The molecule has 0 aliphatic carbocycles. The molecule has 0 bridgehead atoms. The van der Waals surface area contributed by atoms with Crippen molar-refractivity contribution in [2.45, 2.75) is 17.4 Å². The van der Waals surface area contributed by atoms with Crippen LogP contribution in [0, 0.1) is 0 Å². The van der Waals surface area contributed by atoms with Crippen molar-refractivity contribution in [1.29, 1.82) is 0 Å². The molecule has 0 saturated carbocycles. The van der Waals surface area contributed by atoms with Gasteiger partial charge in [-0.1, -0.05) is 17.7 Å². The molecule has 17 heavy (non-hydrogen) atoms. The van der Waals surface area contributed by atoms with E-state index in [0.29, 0.717) is 5.75 Å². The zero-order valence-electron chi connectivity index (χ0n) is 9.17. The van der Waals surface area contributed by atoms with Gasteiger partial charge in [0.1, 0.15) is 0 Å².